The van der Waals surface area contributed by atoms with Crippen LogP contribution in [0, 0.1) is 6.92 Å². The Morgan fingerprint density at radius 1 is 1.15 bits per heavy atom. The van der Waals surface area contributed by atoms with Gasteiger partial charge in [0.05, 0.1) is 13.7 Å². The normalized spacial score (nSPS) is 14.1. The summed E-state index contributed by atoms with van der Waals surface area (Å²) in [6.07, 6.45) is 2.35. The lowest BCUT2D eigenvalue weighted by molar-refractivity contribution is 0.0920. The minimum Gasteiger partial charge on any atom is -0.497 e. The van der Waals surface area contributed by atoms with E-state index in [9.17, 15) is 4.79 Å². The number of hydrogen-bond donors (Lipinski definition) is 1. The molecule has 0 bridgehead atoms. The quantitative estimate of drug-likeness (QED) is 0.646. The number of para-hydroxylation sites is 1. The molecule has 4 rings (SSSR count). The zero-order chi connectivity index (χ0) is 18.1. The van der Waals surface area contributed by atoms with E-state index in [0.29, 0.717) is 12.6 Å². The van der Waals surface area contributed by atoms with Crippen molar-refractivity contribution in [2.75, 3.05) is 13.7 Å². The number of carbonyl (C=O) groups excluding carboxylic acids is 1. The summed E-state index contributed by atoms with van der Waals surface area (Å²) in [5.74, 6) is 1.05. The Kier molecular flexibility index (Phi) is 4.51. The monoisotopic (exact) mass is 348 g/mol. The molecule has 1 aliphatic rings. The first-order chi connectivity index (χ1) is 12.7. The highest BCUT2D eigenvalue weighted by atomic mass is 16.5. The molecule has 0 spiro atoms. The molecule has 1 aromatic heterocycles. The van der Waals surface area contributed by atoms with Crippen molar-refractivity contribution < 1.29 is 9.53 Å². The summed E-state index contributed by atoms with van der Waals surface area (Å²) in [5, 5.41) is 1.02. The van der Waals surface area contributed by atoms with E-state index in [-0.39, 0.29) is 5.78 Å². The van der Waals surface area contributed by atoms with Gasteiger partial charge in [0, 0.05) is 34.7 Å². The van der Waals surface area contributed by atoms with Gasteiger partial charge in [0.25, 0.3) is 0 Å². The number of aromatic nitrogens is 1. The van der Waals surface area contributed by atoms with E-state index in [0.717, 1.165) is 34.5 Å². The topological polar surface area (TPSA) is 45.3 Å². The number of nitrogens with one attached hydrogen (secondary N) is 1. The third kappa shape index (κ3) is 3.37. The molecule has 1 N–H and O–H groups in total. The summed E-state index contributed by atoms with van der Waals surface area (Å²) in [4.78, 5) is 18.7. The number of H-pyrrole nitrogens is 1. The van der Waals surface area contributed by atoms with E-state index in [1.807, 2.05) is 43.3 Å². The molecule has 1 fully saturated rings. The van der Waals surface area contributed by atoms with E-state index in [1.165, 1.54) is 18.4 Å². The summed E-state index contributed by atoms with van der Waals surface area (Å²) in [5.41, 5.74) is 4.03. The summed E-state index contributed by atoms with van der Waals surface area (Å²) in [6, 6.07) is 16.7. The predicted octanol–water partition coefficient (Wildman–Crippen LogP) is 4.33. The van der Waals surface area contributed by atoms with Gasteiger partial charge in [-0.1, -0.05) is 30.3 Å². The Hall–Kier alpha value is -2.59. The van der Waals surface area contributed by atoms with Gasteiger partial charge in [-0.15, -0.1) is 0 Å². The molecule has 2 aromatic carbocycles. The van der Waals surface area contributed by atoms with Gasteiger partial charge < -0.3 is 9.72 Å². The molecule has 0 aliphatic heterocycles. The number of hydrogen-bond acceptors (Lipinski definition) is 3. The molecule has 4 nitrogen and oxygen atoms in total. The number of nitrogens with zero attached hydrogens (tertiary/aromatic N) is 1. The first-order valence-corrected chi connectivity index (χ1v) is 9.13. The van der Waals surface area contributed by atoms with Gasteiger partial charge >= 0.3 is 0 Å². The highest BCUT2D eigenvalue weighted by Crippen LogP contribution is 2.30. The number of rotatable bonds is 7. The lowest BCUT2D eigenvalue weighted by Gasteiger charge is -2.21. The Balaban J connectivity index is 1.54. The molecule has 26 heavy (non-hydrogen) atoms. The van der Waals surface area contributed by atoms with E-state index in [1.54, 1.807) is 7.11 Å². The summed E-state index contributed by atoms with van der Waals surface area (Å²) in [7, 11) is 1.67. The number of benzene rings is 2. The van der Waals surface area contributed by atoms with Gasteiger partial charge in [-0.2, -0.15) is 0 Å². The zero-order valence-corrected chi connectivity index (χ0v) is 15.3. The second-order valence-corrected chi connectivity index (χ2v) is 7.08. The van der Waals surface area contributed by atoms with E-state index in [2.05, 4.69) is 22.0 Å². The fourth-order valence-corrected chi connectivity index (χ4v) is 3.62. The SMILES string of the molecule is COc1ccc(CN(CC(=O)c2c(C)[nH]c3ccccc23)C2CC2)cc1. The molecular formula is C22H24N2O2. The van der Waals surface area contributed by atoms with Crippen LogP contribution in [0.25, 0.3) is 10.9 Å². The van der Waals surface area contributed by atoms with Crippen molar-refractivity contribution in [2.45, 2.75) is 32.4 Å². The first kappa shape index (κ1) is 16.9. The van der Waals surface area contributed by atoms with Crippen LogP contribution < -0.4 is 4.74 Å². The lowest BCUT2D eigenvalue weighted by Crippen LogP contribution is -2.31. The van der Waals surface area contributed by atoms with E-state index >= 15 is 0 Å². The third-order valence-corrected chi connectivity index (χ3v) is 5.13. The Bertz CT molecular complexity index is 923. The molecule has 1 heterocycles. The number of Topliss-reactive ketones (excluding diaryl/α,β-unsaturated/α-hetero) is 1. The molecule has 1 saturated carbocycles. The zero-order valence-electron chi connectivity index (χ0n) is 15.3. The third-order valence-electron chi connectivity index (χ3n) is 5.13. The van der Waals surface area contributed by atoms with E-state index in [4.69, 9.17) is 4.74 Å². The fraction of sp³-hybridized carbons (Fsp3) is 0.318. The summed E-state index contributed by atoms with van der Waals surface area (Å²) < 4.78 is 5.23. The van der Waals surface area contributed by atoms with Crippen molar-refractivity contribution in [2.24, 2.45) is 0 Å². The molecule has 0 amide bonds. The van der Waals surface area contributed by atoms with Gasteiger partial charge in [0.1, 0.15) is 5.75 Å². The maximum Gasteiger partial charge on any atom is 0.179 e. The minimum absolute atomic E-state index is 0.195. The molecule has 134 valence electrons. The number of carbonyl (C=O) groups is 1. The van der Waals surface area contributed by atoms with Crippen molar-refractivity contribution in [3.63, 3.8) is 0 Å². The largest absolute Gasteiger partial charge is 0.497 e. The highest BCUT2D eigenvalue weighted by molar-refractivity contribution is 6.10. The summed E-state index contributed by atoms with van der Waals surface area (Å²) in [6.45, 7) is 3.24. The number of ether oxygens (including phenoxy) is 1. The van der Waals surface area contributed by atoms with Crippen LogP contribution in [-0.2, 0) is 6.54 Å². The second-order valence-electron chi connectivity index (χ2n) is 7.08. The molecule has 0 unspecified atom stereocenters. The molecule has 1 aliphatic carbocycles. The Labute approximate surface area is 153 Å². The van der Waals surface area contributed by atoms with Crippen LogP contribution in [0.4, 0.5) is 0 Å². The van der Waals surface area contributed by atoms with Crippen molar-refractivity contribution in [3.05, 3.63) is 65.4 Å². The van der Waals surface area contributed by atoms with Crippen LogP contribution in [0.3, 0.4) is 0 Å². The smallest absolute Gasteiger partial charge is 0.179 e. The molecule has 0 atom stereocenters. The van der Waals surface area contributed by atoms with Crippen LogP contribution in [0.1, 0.15) is 34.5 Å². The maximum absolute atomic E-state index is 13.1. The first-order valence-electron chi connectivity index (χ1n) is 9.13. The number of methoxy groups -OCH3 is 1. The lowest BCUT2D eigenvalue weighted by atomic mass is 10.1. The number of fused-ring (bicyclic) bond motifs is 1. The van der Waals surface area contributed by atoms with Gasteiger partial charge in [-0.25, -0.2) is 0 Å². The number of aryl methyl sites for hydroxylation is 1. The highest BCUT2D eigenvalue weighted by Gasteiger charge is 2.31. The molecule has 0 radical (unpaired) electrons. The molecule has 0 saturated heterocycles. The van der Waals surface area contributed by atoms with Crippen LogP contribution in [0.5, 0.6) is 5.75 Å². The molecule has 3 aromatic rings. The number of ketones is 1. The van der Waals surface area contributed by atoms with Crippen molar-refractivity contribution in [3.8, 4) is 5.75 Å². The molecule has 4 heteroatoms. The summed E-state index contributed by atoms with van der Waals surface area (Å²) >= 11 is 0. The van der Waals surface area contributed by atoms with Crippen LogP contribution in [-0.4, -0.2) is 35.4 Å². The average molecular weight is 348 g/mol. The fourth-order valence-electron chi connectivity index (χ4n) is 3.62. The Morgan fingerprint density at radius 3 is 2.58 bits per heavy atom. The van der Waals surface area contributed by atoms with Crippen LogP contribution in [0.15, 0.2) is 48.5 Å². The van der Waals surface area contributed by atoms with Crippen LogP contribution in [0.2, 0.25) is 0 Å². The Morgan fingerprint density at radius 2 is 1.88 bits per heavy atom. The van der Waals surface area contributed by atoms with Gasteiger partial charge in [-0.05, 0) is 43.5 Å². The van der Waals surface area contributed by atoms with E-state index < -0.39 is 0 Å². The standard InChI is InChI=1S/C22H24N2O2/c1-15-22(19-5-3-4-6-20(19)23-15)21(25)14-24(17-9-10-17)13-16-7-11-18(26-2)12-8-16/h3-8,11-12,17,23H,9-10,13-14H2,1-2H3. The number of aromatic amines is 1. The average Bonchev–Trinajstić information content (AvgIpc) is 3.43. The van der Waals surface area contributed by atoms with Crippen molar-refractivity contribution in [1.29, 1.82) is 0 Å². The van der Waals surface area contributed by atoms with Gasteiger partial charge in [-0.3, -0.25) is 9.69 Å². The second kappa shape index (κ2) is 6.96. The van der Waals surface area contributed by atoms with Crippen LogP contribution >= 0.6 is 0 Å². The van der Waals surface area contributed by atoms with Gasteiger partial charge in [0.2, 0.25) is 0 Å². The predicted molar refractivity (Wildman–Crippen MR) is 104 cm³/mol. The van der Waals surface area contributed by atoms with Gasteiger partial charge in [0.15, 0.2) is 5.78 Å². The minimum atomic E-state index is 0.195. The maximum atomic E-state index is 13.1. The van der Waals surface area contributed by atoms with Crippen molar-refractivity contribution in [1.82, 2.24) is 9.88 Å². The molecular weight excluding hydrogens is 324 g/mol. The van der Waals surface area contributed by atoms with Crippen molar-refractivity contribution >= 4 is 16.7 Å².